The predicted molar refractivity (Wildman–Crippen MR) is 455 cm³/mol. The van der Waals surface area contributed by atoms with E-state index in [9.17, 15) is 42.7 Å². The Balaban J connectivity index is 0.000000177. The molecule has 0 saturated heterocycles. The number of ketones is 4. The Morgan fingerprint density at radius 2 is 0.638 bits per heavy atom. The molecule has 8 aromatic heterocycles. The number of anilines is 5. The molecule has 4 amide bonds. The molecule has 4 aromatic carbocycles. The lowest BCUT2D eigenvalue weighted by atomic mass is 10.0. The zero-order valence-corrected chi connectivity index (χ0v) is 67.3. The van der Waals surface area contributed by atoms with Crippen LogP contribution < -0.4 is 25.3 Å². The number of nitrogens with zero attached hydrogens (tertiary/aromatic N) is 12. The molecule has 0 atom stereocenters. The van der Waals surface area contributed by atoms with Crippen molar-refractivity contribution in [1.82, 2.24) is 39.9 Å². The second-order valence-electron chi connectivity index (χ2n) is 27.1. The highest BCUT2D eigenvalue weighted by atomic mass is 35.5. The summed E-state index contributed by atoms with van der Waals surface area (Å²) >= 11 is 6.05. The number of carbonyl (C=O) groups is 8. The van der Waals surface area contributed by atoms with Crippen LogP contribution in [0.1, 0.15) is 148 Å². The number of Topliss-reactive ketones (excluding diaryl/α,β-unsaturated/α-hetero) is 4. The van der Waals surface area contributed by atoms with Gasteiger partial charge in [-0.3, -0.25) is 63.3 Å². The van der Waals surface area contributed by atoms with Crippen molar-refractivity contribution < 1.29 is 42.7 Å². The van der Waals surface area contributed by atoms with E-state index in [1.807, 2.05) is 211 Å². The summed E-state index contributed by atoms with van der Waals surface area (Å²) in [6.45, 7) is 9.25. The Labute approximate surface area is 681 Å². The van der Waals surface area contributed by atoms with Crippen molar-refractivity contribution in [2.45, 2.75) is 112 Å². The molecular formula is C93H93ClFN13O8. The van der Waals surface area contributed by atoms with E-state index in [-0.39, 0.29) is 53.2 Å². The van der Waals surface area contributed by atoms with Gasteiger partial charge in [0.2, 0.25) is 29.6 Å². The number of pyridine rings is 8. The van der Waals surface area contributed by atoms with Crippen molar-refractivity contribution in [3.05, 3.63) is 305 Å². The molecule has 0 radical (unpaired) electrons. The summed E-state index contributed by atoms with van der Waals surface area (Å²) in [6.07, 6.45) is 18.5. The van der Waals surface area contributed by atoms with Gasteiger partial charge in [0.25, 0.3) is 0 Å². The van der Waals surface area contributed by atoms with Crippen LogP contribution in [0, 0.1) is 12.9 Å². The SMILES string of the molecule is CCC(=O)N(C)c1ccc(-c2ccc(C(=O)CCc3ccc(C)nc3)cc2)nc1.CCC(=O)N(C)c1ccc(-c2ccc(C(=O)CCc3cccnc3Cl)cc2)nc1.CCC(=O)N(C)c1ccc(-c2ccc(C(=O)CCc3cccnc3F)cc2)nc1.CCC(=O)N(C)c1ccc(-c2ccc(C(=O)CCc3cccnc3N)cc2)nc1. The van der Waals surface area contributed by atoms with Crippen LogP contribution >= 0.6 is 11.6 Å². The van der Waals surface area contributed by atoms with E-state index in [2.05, 4.69) is 39.9 Å². The van der Waals surface area contributed by atoms with Crippen LogP contribution in [0.5, 0.6) is 0 Å². The topological polar surface area (TPSA) is 279 Å². The summed E-state index contributed by atoms with van der Waals surface area (Å²) in [7, 11) is 6.94. The molecule has 12 aromatic rings. The number of rotatable bonds is 28. The minimum atomic E-state index is -0.531. The fraction of sp³-hybridized carbons (Fsp3) is 0.226. The van der Waals surface area contributed by atoms with Crippen molar-refractivity contribution in [3.8, 4) is 45.0 Å². The fourth-order valence-corrected chi connectivity index (χ4v) is 12.2. The summed E-state index contributed by atoms with van der Waals surface area (Å²) in [6, 6.07) is 59.0. The molecule has 12 rings (SSSR count). The molecule has 0 aliphatic rings. The second kappa shape index (κ2) is 43.1. The van der Waals surface area contributed by atoms with Crippen LogP contribution in [-0.2, 0) is 44.9 Å². The van der Waals surface area contributed by atoms with E-state index in [0.29, 0.717) is 109 Å². The van der Waals surface area contributed by atoms with Gasteiger partial charge < -0.3 is 25.3 Å². The first-order valence-corrected chi connectivity index (χ1v) is 38.6. The van der Waals surface area contributed by atoms with Crippen LogP contribution in [0.15, 0.2) is 244 Å². The Bertz CT molecular complexity index is 4920. The molecule has 23 heteroatoms. The van der Waals surface area contributed by atoms with E-state index in [1.54, 1.807) is 109 Å². The molecule has 592 valence electrons. The molecule has 0 saturated carbocycles. The number of nitrogen functional groups attached to an aromatic ring is 1. The van der Waals surface area contributed by atoms with E-state index < -0.39 is 5.95 Å². The highest BCUT2D eigenvalue weighted by Gasteiger charge is 2.18. The normalized spacial score (nSPS) is 10.6. The zero-order chi connectivity index (χ0) is 83.2. The summed E-state index contributed by atoms with van der Waals surface area (Å²) in [4.78, 5) is 137. The Morgan fingerprint density at radius 3 is 0.931 bits per heavy atom. The standard InChI is InChI=1S/C24H25N3O2.C23H22ClN3O2.C23H22FN3O2.C23H24N4O2/c1-4-24(29)27(3)21-12-13-22(26-16-21)19-8-10-20(11-9-19)23(28)14-7-18-6-5-17(2)25-15-18;3*1-3-22(29)27(2)19-11-12-20(26-15-19)16-6-8-17(9-7-16)21(28)13-10-18-5-4-14-25-23(18)24/h5-6,8-13,15-16H,4,7,14H2,1-3H3;2*4-9,11-12,14-15H,3,10,13H2,1-2H3;4-9,11-12,14-15H,3,10,13H2,1-2H3,(H2,24,25). The third kappa shape index (κ3) is 24.6. The molecule has 21 nitrogen and oxygen atoms in total. The number of carbonyl (C=O) groups excluding carboxylic acids is 8. The van der Waals surface area contributed by atoms with Crippen molar-refractivity contribution in [1.29, 1.82) is 0 Å². The van der Waals surface area contributed by atoms with Crippen molar-refractivity contribution >= 4 is 86.9 Å². The monoisotopic (exact) mass is 1570 g/mol. The first-order chi connectivity index (χ1) is 55.9. The van der Waals surface area contributed by atoms with Crippen molar-refractivity contribution in [2.75, 3.05) is 53.5 Å². The van der Waals surface area contributed by atoms with Gasteiger partial charge in [0.05, 0.1) is 70.3 Å². The third-order valence-corrected chi connectivity index (χ3v) is 19.7. The number of hydrogen-bond donors (Lipinski definition) is 1. The number of aryl methyl sites for hydroxylation is 5. The maximum absolute atomic E-state index is 13.6. The lowest BCUT2D eigenvalue weighted by Crippen LogP contribution is -2.25. The smallest absolute Gasteiger partial charge is 0.226 e. The van der Waals surface area contributed by atoms with Crippen LogP contribution in [0.25, 0.3) is 45.0 Å². The molecule has 0 unspecified atom stereocenters. The van der Waals surface area contributed by atoms with E-state index in [4.69, 9.17) is 17.3 Å². The zero-order valence-electron chi connectivity index (χ0n) is 66.5. The van der Waals surface area contributed by atoms with Gasteiger partial charge in [0.1, 0.15) is 11.0 Å². The number of hydrogen-bond acceptors (Lipinski definition) is 17. The molecule has 0 aliphatic heterocycles. The van der Waals surface area contributed by atoms with Crippen LogP contribution in [0.3, 0.4) is 0 Å². The Kier molecular flexibility index (Phi) is 32.2. The van der Waals surface area contributed by atoms with Crippen LogP contribution in [0.4, 0.5) is 33.0 Å². The first kappa shape index (κ1) is 86.6. The molecule has 2 N–H and O–H groups in total. The maximum atomic E-state index is 13.6. The van der Waals surface area contributed by atoms with Crippen LogP contribution in [-0.4, -0.2) is 115 Å². The van der Waals surface area contributed by atoms with Gasteiger partial charge in [0.15, 0.2) is 23.1 Å². The van der Waals surface area contributed by atoms with E-state index in [1.165, 1.54) is 6.20 Å². The predicted octanol–water partition coefficient (Wildman–Crippen LogP) is 18.0. The van der Waals surface area contributed by atoms with Gasteiger partial charge in [-0.05, 0) is 122 Å². The largest absolute Gasteiger partial charge is 0.383 e. The average molecular weight is 1580 g/mol. The molecule has 0 spiro atoms. The second-order valence-corrected chi connectivity index (χ2v) is 27.5. The van der Waals surface area contributed by atoms with Gasteiger partial charge in [-0.15, -0.1) is 0 Å². The van der Waals surface area contributed by atoms with Crippen molar-refractivity contribution in [2.24, 2.45) is 0 Å². The summed E-state index contributed by atoms with van der Waals surface area (Å²) in [5, 5.41) is 0.441. The van der Waals surface area contributed by atoms with Gasteiger partial charge in [-0.2, -0.15) is 4.39 Å². The van der Waals surface area contributed by atoms with Crippen molar-refractivity contribution in [3.63, 3.8) is 0 Å². The highest BCUT2D eigenvalue weighted by molar-refractivity contribution is 6.30. The summed E-state index contributed by atoms with van der Waals surface area (Å²) in [5.41, 5.74) is 22.4. The highest BCUT2D eigenvalue weighted by Crippen LogP contribution is 2.28. The lowest BCUT2D eigenvalue weighted by Gasteiger charge is -2.16. The van der Waals surface area contributed by atoms with Crippen LogP contribution in [0.2, 0.25) is 5.15 Å². The molecule has 8 heterocycles. The lowest BCUT2D eigenvalue weighted by molar-refractivity contribution is -0.118. The molecule has 0 fully saturated rings. The molecule has 0 aliphatic carbocycles. The summed E-state index contributed by atoms with van der Waals surface area (Å²) in [5.74, 6) is 0.251. The minimum absolute atomic E-state index is 0.0218. The molecular weight excluding hydrogens is 1480 g/mol. The Morgan fingerprint density at radius 1 is 0.336 bits per heavy atom. The van der Waals surface area contributed by atoms with Gasteiger partial charge in [0, 0.05) is 160 Å². The van der Waals surface area contributed by atoms with E-state index in [0.717, 1.165) is 90.2 Å². The first-order valence-electron chi connectivity index (χ1n) is 38.2. The van der Waals surface area contributed by atoms with E-state index >= 15 is 0 Å². The number of nitrogens with two attached hydrogens (primary N) is 1. The minimum Gasteiger partial charge on any atom is -0.383 e. The number of aromatic nitrogens is 8. The van der Waals surface area contributed by atoms with Gasteiger partial charge in [-0.25, -0.2) is 15.0 Å². The summed E-state index contributed by atoms with van der Waals surface area (Å²) < 4.78 is 13.6. The third-order valence-electron chi connectivity index (χ3n) is 19.3. The Hall–Kier alpha value is -13.3. The maximum Gasteiger partial charge on any atom is 0.226 e. The quantitative estimate of drug-likeness (QED) is 0.0352. The molecule has 0 bridgehead atoms. The fourth-order valence-electron chi connectivity index (χ4n) is 12.0. The molecule has 116 heavy (non-hydrogen) atoms. The average Bonchev–Trinajstić information content (AvgIpc) is 0.852. The van der Waals surface area contributed by atoms with Gasteiger partial charge in [-0.1, -0.05) is 161 Å². The number of amides is 4. The number of halogens is 2. The number of benzene rings is 4. The van der Waals surface area contributed by atoms with Gasteiger partial charge >= 0.3 is 0 Å².